The first-order valence-electron chi connectivity index (χ1n) is 26.9. The number of fused-ring (bicyclic) bond motifs is 2. The molecule has 3 fully saturated rings. The summed E-state index contributed by atoms with van der Waals surface area (Å²) in [7, 11) is 0. The van der Waals surface area contributed by atoms with Gasteiger partial charge in [-0.2, -0.15) is 0 Å². The van der Waals surface area contributed by atoms with Crippen LogP contribution in [0.3, 0.4) is 0 Å². The zero-order valence-electron chi connectivity index (χ0n) is 43.7. The standard InChI is InChI=1S/C59H67N11O9/c60-23-27-63-59(77)79-44-32-51-56(74)69-52(41-13-5-2-6-14-41)57(75)67-49(31-42-34-64-46-16-8-7-15-45(42)46)55(73)66-48(29-38-21-25-61-26-22-38)53(71)65-47(28-37-17-19-43(20-18-37)78-36-39-10-3-1-4-11-39)54(72)68-50(58(76)70(51)35-44)30-40-12-9-24-62-33-40/h1-20,24,33-34,38,44,47-52,61,64H,21-23,25-32,35-36,60H2,(H,63,77)(H,65,71)(H,66,73)(H,67,75)(H,68,72)(H,69,74)/t44-,47+,48?,49-,50?,51+,52+/m1/s1. The molecule has 7 amide bonds. The number of nitrogens with zero attached hydrogens (tertiary/aromatic N) is 2. The van der Waals surface area contributed by atoms with E-state index in [4.69, 9.17) is 15.2 Å². The minimum absolute atomic E-state index is 0.000343. The lowest BCUT2D eigenvalue weighted by molar-refractivity contribution is -0.143. The Morgan fingerprint density at radius 2 is 1.30 bits per heavy atom. The number of nitrogens with one attached hydrogen (secondary N) is 8. The van der Waals surface area contributed by atoms with Crippen molar-refractivity contribution in [1.82, 2.24) is 52.1 Å². The van der Waals surface area contributed by atoms with Crippen molar-refractivity contribution < 1.29 is 43.0 Å². The molecule has 79 heavy (non-hydrogen) atoms. The van der Waals surface area contributed by atoms with Gasteiger partial charge in [-0.1, -0.05) is 97.1 Å². The number of ether oxygens (including phenoxy) is 2. The normalized spacial score (nSPS) is 22.7. The second-order valence-corrected chi connectivity index (χ2v) is 20.3. The number of nitrogens with two attached hydrogens (primary N) is 1. The zero-order chi connectivity index (χ0) is 55.1. The molecule has 3 aliphatic heterocycles. The topological polar surface area (TPSA) is 280 Å². The maximum Gasteiger partial charge on any atom is 0.407 e. The van der Waals surface area contributed by atoms with E-state index in [1.54, 1.807) is 85.3 Å². The Kier molecular flexibility index (Phi) is 18.6. The second-order valence-electron chi connectivity index (χ2n) is 20.3. The first-order chi connectivity index (χ1) is 38.5. The van der Waals surface area contributed by atoms with E-state index in [9.17, 15) is 4.79 Å². The summed E-state index contributed by atoms with van der Waals surface area (Å²) in [4.78, 5) is 113. The molecule has 0 radical (unpaired) electrons. The van der Waals surface area contributed by atoms with Crippen LogP contribution < -0.4 is 47.7 Å². The number of benzene rings is 4. The van der Waals surface area contributed by atoms with Crippen molar-refractivity contribution in [2.24, 2.45) is 11.7 Å². The summed E-state index contributed by atoms with van der Waals surface area (Å²) in [6.45, 7) is 1.70. The van der Waals surface area contributed by atoms with Gasteiger partial charge < -0.3 is 62.3 Å². The van der Waals surface area contributed by atoms with E-state index in [-0.39, 0.29) is 57.7 Å². The van der Waals surface area contributed by atoms with E-state index < -0.39 is 83.9 Å². The van der Waals surface area contributed by atoms with Gasteiger partial charge in [0.05, 0.1) is 6.54 Å². The Hall–Kier alpha value is -8.62. The Labute approximate surface area is 457 Å². The van der Waals surface area contributed by atoms with Gasteiger partial charge in [-0.05, 0) is 90.4 Å². The largest absolute Gasteiger partial charge is 0.489 e. The summed E-state index contributed by atoms with van der Waals surface area (Å²) in [5, 5.41) is 21.5. The molecule has 412 valence electrons. The highest BCUT2D eigenvalue weighted by molar-refractivity contribution is 5.99. The molecular formula is C59H67N11O9. The Morgan fingerprint density at radius 3 is 2.04 bits per heavy atom. The second kappa shape index (κ2) is 26.6. The molecular weight excluding hydrogens is 1010 g/mol. The highest BCUT2D eigenvalue weighted by atomic mass is 16.6. The minimum atomic E-state index is -1.42. The number of alkyl carbamates (subject to hydrolysis) is 1. The fourth-order valence-electron chi connectivity index (χ4n) is 10.5. The van der Waals surface area contributed by atoms with Crippen LogP contribution in [0.1, 0.15) is 59.5 Å². The van der Waals surface area contributed by atoms with Crippen LogP contribution in [0.4, 0.5) is 4.79 Å². The predicted octanol–water partition coefficient (Wildman–Crippen LogP) is 3.02. The molecule has 6 aromatic rings. The van der Waals surface area contributed by atoms with Crippen molar-refractivity contribution in [1.29, 1.82) is 0 Å². The first-order valence-corrected chi connectivity index (χ1v) is 26.9. The first kappa shape index (κ1) is 55.1. The molecule has 10 N–H and O–H groups in total. The van der Waals surface area contributed by atoms with E-state index >= 15 is 28.8 Å². The van der Waals surface area contributed by atoms with Crippen molar-refractivity contribution in [3.8, 4) is 5.75 Å². The van der Waals surface area contributed by atoms with Crippen molar-refractivity contribution in [3.63, 3.8) is 0 Å². The highest BCUT2D eigenvalue weighted by Crippen LogP contribution is 2.27. The molecule has 4 aromatic carbocycles. The third-order valence-electron chi connectivity index (χ3n) is 14.6. The van der Waals surface area contributed by atoms with Gasteiger partial charge in [0.2, 0.25) is 35.4 Å². The Balaban J connectivity index is 1.11. The molecule has 2 unspecified atom stereocenters. The number of rotatable bonds is 15. The van der Waals surface area contributed by atoms with Crippen LogP contribution in [0, 0.1) is 5.92 Å². The van der Waals surface area contributed by atoms with Gasteiger partial charge >= 0.3 is 6.09 Å². The number of H-pyrrole nitrogens is 1. The van der Waals surface area contributed by atoms with Crippen LogP contribution in [0.5, 0.6) is 5.75 Å². The van der Waals surface area contributed by atoms with Crippen LogP contribution in [0.2, 0.25) is 0 Å². The number of piperidine rings is 1. The third-order valence-corrected chi connectivity index (χ3v) is 14.6. The van der Waals surface area contributed by atoms with Crippen LogP contribution >= 0.6 is 0 Å². The van der Waals surface area contributed by atoms with Gasteiger partial charge in [-0.15, -0.1) is 0 Å². The van der Waals surface area contributed by atoms with E-state index in [0.717, 1.165) is 29.3 Å². The molecule has 3 saturated heterocycles. The zero-order valence-corrected chi connectivity index (χ0v) is 43.7. The maximum atomic E-state index is 15.4. The summed E-state index contributed by atoms with van der Waals surface area (Å²) < 4.78 is 11.8. The van der Waals surface area contributed by atoms with Gasteiger partial charge in [0, 0.05) is 68.3 Å². The Bertz CT molecular complexity index is 3050. The van der Waals surface area contributed by atoms with Crippen LogP contribution in [-0.4, -0.2) is 125 Å². The number of para-hydroxylation sites is 1. The molecule has 20 nitrogen and oxygen atoms in total. The number of amides is 7. The highest BCUT2D eigenvalue weighted by Gasteiger charge is 2.45. The molecule has 3 aliphatic rings. The summed E-state index contributed by atoms with van der Waals surface area (Å²) in [5.41, 5.74) is 9.69. The molecule has 9 rings (SSSR count). The maximum absolute atomic E-state index is 15.4. The smallest absolute Gasteiger partial charge is 0.407 e. The number of pyridine rings is 1. The van der Waals surface area contributed by atoms with E-state index in [0.29, 0.717) is 47.7 Å². The fraction of sp³-hybridized carbons (Fsp3) is 0.356. The lowest BCUT2D eigenvalue weighted by atomic mass is 9.90. The van der Waals surface area contributed by atoms with Gasteiger partial charge in [0.1, 0.15) is 54.7 Å². The molecule has 0 saturated carbocycles. The van der Waals surface area contributed by atoms with Crippen molar-refractivity contribution in [2.75, 3.05) is 32.7 Å². The number of aromatic amines is 1. The fourth-order valence-corrected chi connectivity index (χ4v) is 10.5. The number of carbonyl (C=O) groups is 7. The number of carbonyl (C=O) groups excluding carboxylic acids is 7. The van der Waals surface area contributed by atoms with E-state index in [2.05, 4.69) is 47.2 Å². The molecule has 5 heterocycles. The number of hydrogen-bond donors (Lipinski definition) is 9. The molecule has 7 atom stereocenters. The van der Waals surface area contributed by atoms with Gasteiger partial charge in [0.15, 0.2) is 0 Å². The van der Waals surface area contributed by atoms with E-state index in [1.807, 2.05) is 54.6 Å². The molecule has 0 spiro atoms. The van der Waals surface area contributed by atoms with Crippen molar-refractivity contribution >= 4 is 52.4 Å². The van der Waals surface area contributed by atoms with Crippen LogP contribution in [0.25, 0.3) is 10.9 Å². The lowest BCUT2D eigenvalue weighted by Crippen LogP contribution is -2.61. The van der Waals surface area contributed by atoms with E-state index in [1.165, 1.54) is 4.90 Å². The van der Waals surface area contributed by atoms with Gasteiger partial charge in [0.25, 0.3) is 0 Å². The average Bonchev–Trinajstić information content (AvgIpc) is 4.19. The van der Waals surface area contributed by atoms with Gasteiger partial charge in [-0.25, -0.2) is 4.79 Å². The Morgan fingerprint density at radius 1 is 0.658 bits per heavy atom. The SMILES string of the molecule is NCCNC(=O)O[C@@H]1C[C@H]2C(=O)N[C@@H](c3ccccc3)C(=O)N[C@H](Cc3c[nH]c4ccccc34)C(=O)NC(CC3CCNCC3)C(=O)N[C@@H](Cc3ccc(OCc4ccccc4)cc3)C(=O)NC(Cc3cccnc3)C(=O)N2C1. The van der Waals surface area contributed by atoms with Crippen LogP contribution in [0.15, 0.2) is 140 Å². The van der Waals surface area contributed by atoms with Crippen LogP contribution in [-0.2, 0) is 59.4 Å². The van der Waals surface area contributed by atoms with Crippen molar-refractivity contribution in [2.45, 2.75) is 93.9 Å². The minimum Gasteiger partial charge on any atom is -0.489 e. The van der Waals surface area contributed by atoms with Crippen molar-refractivity contribution in [3.05, 3.63) is 168 Å². The molecule has 0 bridgehead atoms. The number of aromatic nitrogens is 2. The summed E-state index contributed by atoms with van der Waals surface area (Å²) in [6.07, 6.45) is 4.34. The summed E-state index contributed by atoms with van der Waals surface area (Å²) in [5.74, 6) is -3.68. The summed E-state index contributed by atoms with van der Waals surface area (Å²) in [6, 6.07) is 28.3. The number of hydrogen-bond acceptors (Lipinski definition) is 12. The predicted molar refractivity (Wildman–Crippen MR) is 294 cm³/mol. The molecule has 0 aliphatic carbocycles. The lowest BCUT2D eigenvalue weighted by Gasteiger charge is -2.32. The molecule has 2 aromatic heterocycles. The molecule has 20 heteroatoms. The summed E-state index contributed by atoms with van der Waals surface area (Å²) >= 11 is 0. The quantitative estimate of drug-likeness (QED) is 0.0718. The average molecular weight is 1070 g/mol. The monoisotopic (exact) mass is 1070 g/mol. The third kappa shape index (κ3) is 14.7. The van der Waals surface area contributed by atoms with Gasteiger partial charge in [-0.3, -0.25) is 33.8 Å².